The van der Waals surface area contributed by atoms with Crippen LogP contribution in [-0.2, 0) is 4.79 Å². The van der Waals surface area contributed by atoms with E-state index in [1.54, 1.807) is 0 Å². The second-order valence-corrected chi connectivity index (χ2v) is 2.72. The van der Waals surface area contributed by atoms with Gasteiger partial charge in [0.1, 0.15) is 0 Å². The quantitative estimate of drug-likeness (QED) is 0.581. The Labute approximate surface area is 66.4 Å². The number of nitriles is 1. The molecule has 0 aliphatic carbocycles. The lowest BCUT2D eigenvalue weighted by Gasteiger charge is -2.18. The van der Waals surface area contributed by atoms with Gasteiger partial charge in [0.25, 0.3) is 0 Å². The van der Waals surface area contributed by atoms with Crippen molar-refractivity contribution in [3.63, 3.8) is 0 Å². The van der Waals surface area contributed by atoms with Gasteiger partial charge in [-0.3, -0.25) is 4.79 Å². The predicted octanol–water partition coefficient (Wildman–Crippen LogP) is 0.626. The Balaban J connectivity index is 2.34. The van der Waals surface area contributed by atoms with Gasteiger partial charge in [0.15, 0.2) is 5.78 Å². The summed E-state index contributed by atoms with van der Waals surface area (Å²) < 4.78 is 0. The molecule has 0 aromatic carbocycles. The average molecular weight is 151 g/mol. The highest BCUT2D eigenvalue weighted by molar-refractivity contribution is 5.85. The molecule has 1 heterocycles. The molecule has 0 aromatic rings. The van der Waals surface area contributed by atoms with Crippen LogP contribution in [0, 0.1) is 11.3 Å². The Morgan fingerprint density at radius 1 is 1.64 bits per heavy atom. The van der Waals surface area contributed by atoms with E-state index in [1.807, 2.05) is 6.07 Å². The molecule has 0 bridgehead atoms. The molecule has 3 nitrogen and oxygen atoms in total. The van der Waals surface area contributed by atoms with Gasteiger partial charge in [-0.25, -0.2) is 5.32 Å². The monoisotopic (exact) mass is 151 g/mol. The third-order valence-electron chi connectivity index (χ3n) is 1.86. The number of rotatable bonds is 2. The van der Waals surface area contributed by atoms with Crippen LogP contribution in [0.2, 0.25) is 0 Å². The van der Waals surface area contributed by atoms with Crippen LogP contribution in [0.1, 0.15) is 25.7 Å². The van der Waals surface area contributed by atoms with Gasteiger partial charge < -0.3 is 0 Å². The molecule has 11 heavy (non-hydrogen) atoms. The first-order chi connectivity index (χ1) is 5.34. The molecule has 1 aliphatic rings. The molecule has 0 aromatic heterocycles. The summed E-state index contributed by atoms with van der Waals surface area (Å²) in [5.74, 6) is -0.00722. The maximum Gasteiger partial charge on any atom is 0.165 e. The van der Waals surface area contributed by atoms with Crippen molar-refractivity contribution in [2.24, 2.45) is 0 Å². The minimum Gasteiger partial charge on any atom is -0.297 e. The van der Waals surface area contributed by atoms with Crippen LogP contribution in [0.3, 0.4) is 0 Å². The number of carbonyl (C=O) groups is 1. The molecular weight excluding hydrogens is 140 g/mol. The third-order valence-corrected chi connectivity index (χ3v) is 1.86. The van der Waals surface area contributed by atoms with E-state index in [1.165, 1.54) is 0 Å². The van der Waals surface area contributed by atoms with Crippen molar-refractivity contribution in [3.05, 3.63) is 0 Å². The number of piperidine rings is 1. The van der Waals surface area contributed by atoms with E-state index >= 15 is 0 Å². The van der Waals surface area contributed by atoms with Crippen LogP contribution >= 0.6 is 0 Å². The van der Waals surface area contributed by atoms with E-state index in [0.717, 1.165) is 25.8 Å². The van der Waals surface area contributed by atoms with Crippen LogP contribution in [0.15, 0.2) is 0 Å². The zero-order valence-corrected chi connectivity index (χ0v) is 6.42. The molecule has 1 fully saturated rings. The second kappa shape index (κ2) is 4.09. The minimum absolute atomic E-state index is 0.00722. The zero-order chi connectivity index (χ0) is 8.10. The fourth-order valence-corrected chi connectivity index (χ4v) is 1.25. The van der Waals surface area contributed by atoms with Gasteiger partial charge in [-0.05, 0) is 12.8 Å². The molecular formula is C8H11N2O. The third kappa shape index (κ3) is 2.32. The fourth-order valence-electron chi connectivity index (χ4n) is 1.25. The predicted molar refractivity (Wildman–Crippen MR) is 39.9 cm³/mol. The number of nitrogens with zero attached hydrogens (tertiary/aromatic N) is 2. The molecule has 0 amide bonds. The lowest BCUT2D eigenvalue weighted by atomic mass is 10.00. The van der Waals surface area contributed by atoms with Crippen molar-refractivity contribution in [2.45, 2.75) is 31.7 Å². The molecule has 1 unspecified atom stereocenters. The van der Waals surface area contributed by atoms with Gasteiger partial charge in [0, 0.05) is 6.54 Å². The van der Waals surface area contributed by atoms with Crippen LogP contribution < -0.4 is 5.32 Å². The molecule has 1 rings (SSSR count). The molecule has 0 N–H and O–H groups in total. The average Bonchev–Trinajstić information content (AvgIpc) is 2.07. The highest BCUT2D eigenvalue weighted by Gasteiger charge is 2.20. The van der Waals surface area contributed by atoms with Gasteiger partial charge in [0.05, 0.1) is 18.5 Å². The molecule has 0 spiro atoms. The highest BCUT2D eigenvalue weighted by Crippen LogP contribution is 2.10. The Morgan fingerprint density at radius 3 is 3.00 bits per heavy atom. The molecule has 3 heteroatoms. The summed E-state index contributed by atoms with van der Waals surface area (Å²) in [6.07, 6.45) is 3.04. The molecule has 1 atom stereocenters. The number of hydrogen-bond donors (Lipinski definition) is 0. The van der Waals surface area contributed by atoms with E-state index in [9.17, 15) is 4.79 Å². The van der Waals surface area contributed by atoms with Crippen LogP contribution in [0.25, 0.3) is 0 Å². The molecule has 0 saturated carbocycles. The zero-order valence-electron chi connectivity index (χ0n) is 6.42. The van der Waals surface area contributed by atoms with Crippen molar-refractivity contribution in [1.29, 1.82) is 5.26 Å². The SMILES string of the molecule is N#CCC(=O)C1CCCC[N]1. The molecule has 1 aliphatic heterocycles. The topological polar surface area (TPSA) is 55.0 Å². The van der Waals surface area contributed by atoms with Crippen LogP contribution in [0.4, 0.5) is 0 Å². The second-order valence-electron chi connectivity index (χ2n) is 2.72. The van der Waals surface area contributed by atoms with E-state index in [2.05, 4.69) is 5.32 Å². The van der Waals surface area contributed by atoms with Gasteiger partial charge >= 0.3 is 0 Å². The Kier molecular flexibility index (Phi) is 3.06. The van der Waals surface area contributed by atoms with Gasteiger partial charge in [-0.15, -0.1) is 0 Å². The normalized spacial score (nSPS) is 24.1. The minimum atomic E-state index is -0.164. The maximum atomic E-state index is 11.1. The fraction of sp³-hybridized carbons (Fsp3) is 0.750. The first-order valence-corrected chi connectivity index (χ1v) is 3.91. The van der Waals surface area contributed by atoms with Crippen molar-refractivity contribution in [1.82, 2.24) is 5.32 Å². The lowest BCUT2D eigenvalue weighted by Crippen LogP contribution is -2.34. The molecule has 1 saturated heterocycles. The summed E-state index contributed by atoms with van der Waals surface area (Å²) in [6, 6.07) is 1.69. The lowest BCUT2D eigenvalue weighted by molar-refractivity contribution is -0.120. The smallest absolute Gasteiger partial charge is 0.165 e. The van der Waals surface area contributed by atoms with E-state index in [0.29, 0.717) is 0 Å². The maximum absolute atomic E-state index is 11.1. The number of ketones is 1. The van der Waals surface area contributed by atoms with E-state index < -0.39 is 0 Å². The first-order valence-electron chi connectivity index (χ1n) is 3.91. The summed E-state index contributed by atoms with van der Waals surface area (Å²) in [5.41, 5.74) is 0. The Bertz CT molecular complexity index is 177. The van der Waals surface area contributed by atoms with Gasteiger partial charge in [-0.2, -0.15) is 5.26 Å². The van der Waals surface area contributed by atoms with E-state index in [4.69, 9.17) is 5.26 Å². The van der Waals surface area contributed by atoms with Crippen LogP contribution in [-0.4, -0.2) is 18.4 Å². The Hall–Kier alpha value is -0.880. The van der Waals surface area contributed by atoms with Crippen molar-refractivity contribution in [2.75, 3.05) is 6.54 Å². The summed E-state index contributed by atoms with van der Waals surface area (Å²) in [5, 5.41) is 12.4. The molecule has 59 valence electrons. The summed E-state index contributed by atoms with van der Waals surface area (Å²) >= 11 is 0. The summed E-state index contributed by atoms with van der Waals surface area (Å²) in [6.45, 7) is 0.793. The van der Waals surface area contributed by atoms with Crippen molar-refractivity contribution in [3.8, 4) is 6.07 Å². The number of hydrogen-bond acceptors (Lipinski definition) is 2. The number of carbonyl (C=O) groups excluding carboxylic acids is 1. The first kappa shape index (κ1) is 8.22. The van der Waals surface area contributed by atoms with Crippen molar-refractivity contribution >= 4 is 5.78 Å². The standard InChI is InChI=1S/C8H11N2O/c9-5-4-8(11)7-3-1-2-6-10-7/h7H,1-4,6H2. The van der Waals surface area contributed by atoms with Gasteiger partial charge in [0.2, 0.25) is 0 Å². The summed E-state index contributed by atoms with van der Waals surface area (Å²) in [7, 11) is 0. The Morgan fingerprint density at radius 2 is 2.45 bits per heavy atom. The van der Waals surface area contributed by atoms with E-state index in [-0.39, 0.29) is 18.2 Å². The highest BCUT2D eigenvalue weighted by atomic mass is 16.1. The largest absolute Gasteiger partial charge is 0.297 e. The van der Waals surface area contributed by atoms with Crippen molar-refractivity contribution < 1.29 is 4.79 Å². The van der Waals surface area contributed by atoms with Crippen LogP contribution in [0.5, 0.6) is 0 Å². The van der Waals surface area contributed by atoms with Gasteiger partial charge in [-0.1, -0.05) is 6.42 Å². The molecule has 1 radical (unpaired) electrons. The number of Topliss-reactive ketones (excluding diaryl/α,β-unsaturated/α-hetero) is 1. The summed E-state index contributed by atoms with van der Waals surface area (Å²) in [4.78, 5) is 11.1.